The van der Waals surface area contributed by atoms with E-state index in [1.807, 2.05) is 13.8 Å². The van der Waals surface area contributed by atoms with Crippen LogP contribution in [-0.4, -0.2) is 0 Å². The molecule has 0 nitrogen and oxygen atoms in total. The predicted molar refractivity (Wildman–Crippen MR) is 33.1 cm³/mol. The first-order chi connectivity index (χ1) is 2.64. The van der Waals surface area contributed by atoms with Gasteiger partial charge in [0.25, 0.3) is 0 Å². The first-order valence-corrected chi connectivity index (χ1v) is 2.47. The van der Waals surface area contributed by atoms with E-state index < -0.39 is 0 Å². The summed E-state index contributed by atoms with van der Waals surface area (Å²) < 4.78 is 0. The fourth-order valence-corrected chi connectivity index (χ4v) is 0. The van der Waals surface area contributed by atoms with Crippen molar-refractivity contribution in [3.8, 4) is 0 Å². The average Bonchev–Trinajstić information content (AvgIpc) is 1.36. The fraction of sp³-hybridized carbons (Fsp3) is 0.500. The number of hydrogen-bond donors (Lipinski definition) is 0. The van der Waals surface area contributed by atoms with Gasteiger partial charge in [-0.25, -0.2) is 9.81 Å². The summed E-state index contributed by atoms with van der Waals surface area (Å²) in [6.45, 7) is 3.66. The Bertz CT molecular complexity index is 62.1. The Labute approximate surface area is 147 Å². The van der Waals surface area contributed by atoms with Gasteiger partial charge in [0.15, 0.2) is 0 Å². The summed E-state index contributed by atoms with van der Waals surface area (Å²) in [7, 11) is 0. The molecule has 0 rings (SSSR count). The molecule has 0 atom stereocenters. The van der Waals surface area contributed by atoms with Gasteiger partial charge in [-0.15, -0.1) is 0 Å². The average molecular weight is 196 g/mol. The van der Waals surface area contributed by atoms with Crippen LogP contribution >= 0.6 is 0 Å². The van der Waals surface area contributed by atoms with E-state index in [1.54, 1.807) is 0 Å². The van der Waals surface area contributed by atoms with Gasteiger partial charge in [-0.2, -0.15) is 0 Å². The van der Waals surface area contributed by atoms with Gasteiger partial charge >= 0.3 is 103 Å². The van der Waals surface area contributed by atoms with E-state index in [-0.39, 0.29) is 103 Å². The normalized spacial score (nSPS) is 10.2. The SMILES string of the molecule is C/C([S-])=C(\C)[S-].[K+].[K+]. The Hall–Kier alpha value is 3.45. The van der Waals surface area contributed by atoms with Crippen LogP contribution in [0.3, 0.4) is 0 Å². The van der Waals surface area contributed by atoms with E-state index in [0.717, 1.165) is 9.81 Å². The molecule has 0 saturated heterocycles. The van der Waals surface area contributed by atoms with Gasteiger partial charge in [0.2, 0.25) is 0 Å². The number of hydrogen-bond acceptors (Lipinski definition) is 2. The van der Waals surface area contributed by atoms with Gasteiger partial charge < -0.3 is 25.3 Å². The monoisotopic (exact) mass is 196 g/mol. The summed E-state index contributed by atoms with van der Waals surface area (Å²) in [6, 6.07) is 0. The summed E-state index contributed by atoms with van der Waals surface area (Å²) in [6.07, 6.45) is 0. The smallest absolute Gasteiger partial charge is 0.786 e. The quantitative estimate of drug-likeness (QED) is 0.282. The molecule has 4 heteroatoms. The molecule has 0 fully saturated rings. The third-order valence-electron chi connectivity index (χ3n) is 0.496. The minimum absolute atomic E-state index is 0. The number of rotatable bonds is 0. The van der Waals surface area contributed by atoms with E-state index in [4.69, 9.17) is 0 Å². The van der Waals surface area contributed by atoms with Crippen LogP contribution in [0.25, 0.3) is 0 Å². The van der Waals surface area contributed by atoms with Crippen molar-refractivity contribution in [3.05, 3.63) is 9.81 Å². The van der Waals surface area contributed by atoms with Crippen molar-refractivity contribution in [3.63, 3.8) is 0 Å². The molecule has 0 bridgehead atoms. The molecule has 0 aliphatic carbocycles. The molecule has 0 radical (unpaired) electrons. The molecule has 36 valence electrons. The maximum atomic E-state index is 4.68. The second-order valence-corrected chi connectivity index (χ2v) is 2.34. The Morgan fingerprint density at radius 2 is 1.00 bits per heavy atom. The zero-order valence-corrected chi connectivity index (χ0v) is 13.7. The molecule has 0 aromatic rings. The molecule has 0 unspecified atom stereocenters. The summed E-state index contributed by atoms with van der Waals surface area (Å²) >= 11 is 9.36. The molecule has 0 aromatic carbocycles. The molecule has 0 N–H and O–H groups in total. The molecule has 8 heavy (non-hydrogen) atoms. The second kappa shape index (κ2) is 10.5. The van der Waals surface area contributed by atoms with Gasteiger partial charge in [-0.05, 0) is 0 Å². The predicted octanol–water partition coefficient (Wildman–Crippen LogP) is -4.66. The Balaban J connectivity index is -0.000000125. The van der Waals surface area contributed by atoms with Crippen LogP contribution in [0.4, 0.5) is 0 Å². The minimum atomic E-state index is 0. The fourth-order valence-electron chi connectivity index (χ4n) is 0. The third-order valence-corrected chi connectivity index (χ3v) is 1.24. The molecule has 0 spiro atoms. The van der Waals surface area contributed by atoms with E-state index >= 15 is 0 Å². The van der Waals surface area contributed by atoms with Crippen LogP contribution in [0.15, 0.2) is 9.81 Å². The van der Waals surface area contributed by atoms with Gasteiger partial charge in [-0.1, -0.05) is 13.8 Å². The molecule has 0 saturated carbocycles. The van der Waals surface area contributed by atoms with E-state index in [2.05, 4.69) is 25.3 Å². The van der Waals surface area contributed by atoms with Gasteiger partial charge in [0.1, 0.15) is 0 Å². The molecule has 0 amide bonds. The topological polar surface area (TPSA) is 0 Å². The minimum Gasteiger partial charge on any atom is -0.786 e. The Morgan fingerprint density at radius 3 is 1.00 bits per heavy atom. The zero-order chi connectivity index (χ0) is 5.15. The maximum Gasteiger partial charge on any atom is 1.00 e. The van der Waals surface area contributed by atoms with E-state index in [1.165, 1.54) is 0 Å². The van der Waals surface area contributed by atoms with Crippen LogP contribution in [-0.2, 0) is 25.3 Å². The van der Waals surface area contributed by atoms with E-state index in [9.17, 15) is 0 Å². The van der Waals surface area contributed by atoms with Crippen molar-refractivity contribution < 1.29 is 103 Å². The van der Waals surface area contributed by atoms with E-state index in [0.29, 0.717) is 0 Å². The van der Waals surface area contributed by atoms with Gasteiger partial charge in [0, 0.05) is 0 Å². The molecule has 0 aromatic heterocycles. The summed E-state index contributed by atoms with van der Waals surface area (Å²) in [5.41, 5.74) is 0. The largest absolute Gasteiger partial charge is 1.00 e. The zero-order valence-electron chi connectivity index (χ0n) is 5.82. The van der Waals surface area contributed by atoms with Crippen molar-refractivity contribution in [2.24, 2.45) is 0 Å². The second-order valence-electron chi connectivity index (χ2n) is 1.11. The Morgan fingerprint density at radius 1 is 0.875 bits per heavy atom. The standard InChI is InChI=1S/C4H8S2.2K/c1-3(5)4(2)6;;/h5-6H,1-2H3;;/q;2*+1/p-2/b4-3-;;. The Kier molecular flexibility index (Phi) is 22.9. The van der Waals surface area contributed by atoms with Crippen molar-refractivity contribution in [1.82, 2.24) is 0 Å². The first kappa shape index (κ1) is 17.5. The molecular formula is C4H6K2S2. The molecule has 0 aliphatic rings. The van der Waals surface area contributed by atoms with Crippen molar-refractivity contribution >= 4 is 25.3 Å². The van der Waals surface area contributed by atoms with Crippen molar-refractivity contribution in [2.45, 2.75) is 13.8 Å². The van der Waals surface area contributed by atoms with Crippen LogP contribution in [0, 0.1) is 0 Å². The number of allylic oxidation sites excluding steroid dienone is 2. The summed E-state index contributed by atoms with van der Waals surface area (Å²) in [4.78, 5) is 1.65. The van der Waals surface area contributed by atoms with Crippen LogP contribution in [0.2, 0.25) is 0 Å². The molecular weight excluding hydrogens is 190 g/mol. The first-order valence-electron chi connectivity index (χ1n) is 1.66. The third kappa shape index (κ3) is 12.2. The summed E-state index contributed by atoms with van der Waals surface area (Å²) in [5.74, 6) is 0. The van der Waals surface area contributed by atoms with Gasteiger partial charge in [-0.3, -0.25) is 0 Å². The van der Waals surface area contributed by atoms with Crippen molar-refractivity contribution in [1.29, 1.82) is 0 Å². The molecule has 0 heterocycles. The molecule has 0 aliphatic heterocycles. The summed E-state index contributed by atoms with van der Waals surface area (Å²) in [5, 5.41) is 0. The van der Waals surface area contributed by atoms with Crippen LogP contribution in [0.1, 0.15) is 13.8 Å². The van der Waals surface area contributed by atoms with Crippen molar-refractivity contribution in [2.75, 3.05) is 0 Å². The van der Waals surface area contributed by atoms with Crippen LogP contribution < -0.4 is 103 Å². The van der Waals surface area contributed by atoms with Gasteiger partial charge in [0.05, 0.1) is 0 Å². The maximum absolute atomic E-state index is 4.68. The van der Waals surface area contributed by atoms with Crippen LogP contribution in [0.5, 0.6) is 0 Å².